The summed E-state index contributed by atoms with van der Waals surface area (Å²) in [5.74, 6) is -0.0721. The molecular formula is C19H27ClN2O2S. The standard InChI is InChI=1S/C19H26N2O2S.ClH/c1-13(2)21(19(22)17(20)12-23-4)11-16-9-10-18(24-16)15-7-5-14(3)6-8-15;/h5-10,13,17H,11-12,20H2,1-4H3;1H. The fraction of sp³-hybridized carbons (Fsp3) is 0.421. The van der Waals surface area contributed by atoms with E-state index in [-0.39, 0.29) is 31.0 Å². The molecule has 1 aromatic carbocycles. The van der Waals surface area contributed by atoms with Crippen LogP contribution in [0.2, 0.25) is 0 Å². The number of hydrogen-bond donors (Lipinski definition) is 1. The van der Waals surface area contributed by atoms with E-state index in [2.05, 4.69) is 43.3 Å². The van der Waals surface area contributed by atoms with Gasteiger partial charge in [0, 0.05) is 22.9 Å². The first-order chi connectivity index (χ1) is 11.4. The molecule has 1 heterocycles. The zero-order valence-corrected chi connectivity index (χ0v) is 16.8. The smallest absolute Gasteiger partial charge is 0.242 e. The summed E-state index contributed by atoms with van der Waals surface area (Å²) in [6, 6.07) is 12.2. The van der Waals surface area contributed by atoms with Crippen molar-refractivity contribution in [3.8, 4) is 10.4 Å². The van der Waals surface area contributed by atoms with Crippen LogP contribution in [-0.2, 0) is 16.1 Å². The average molecular weight is 383 g/mol. The Kier molecular flexibility index (Phi) is 8.59. The molecule has 1 aromatic heterocycles. The van der Waals surface area contributed by atoms with Crippen LogP contribution in [0.3, 0.4) is 0 Å². The number of nitrogens with two attached hydrogens (primary N) is 1. The number of carbonyl (C=O) groups excluding carboxylic acids is 1. The number of hydrogen-bond acceptors (Lipinski definition) is 4. The molecule has 0 fully saturated rings. The van der Waals surface area contributed by atoms with Gasteiger partial charge in [-0.15, -0.1) is 23.7 Å². The summed E-state index contributed by atoms with van der Waals surface area (Å²) in [6.45, 7) is 6.91. The van der Waals surface area contributed by atoms with Gasteiger partial charge in [-0.2, -0.15) is 0 Å². The number of methoxy groups -OCH3 is 1. The van der Waals surface area contributed by atoms with E-state index in [9.17, 15) is 4.79 Å². The highest BCUT2D eigenvalue weighted by molar-refractivity contribution is 7.15. The molecule has 25 heavy (non-hydrogen) atoms. The molecule has 1 unspecified atom stereocenters. The summed E-state index contributed by atoms with van der Waals surface area (Å²) in [7, 11) is 1.56. The summed E-state index contributed by atoms with van der Waals surface area (Å²) < 4.78 is 5.01. The maximum absolute atomic E-state index is 12.5. The van der Waals surface area contributed by atoms with Gasteiger partial charge in [0.15, 0.2) is 0 Å². The third kappa shape index (κ3) is 5.82. The number of carbonyl (C=O) groups is 1. The maximum atomic E-state index is 12.5. The van der Waals surface area contributed by atoms with E-state index in [1.54, 1.807) is 18.4 Å². The Hall–Kier alpha value is -1.40. The van der Waals surface area contributed by atoms with Crippen LogP contribution in [0, 0.1) is 6.92 Å². The lowest BCUT2D eigenvalue weighted by Gasteiger charge is -2.28. The number of halogens is 1. The van der Waals surface area contributed by atoms with Gasteiger partial charge < -0.3 is 15.4 Å². The van der Waals surface area contributed by atoms with E-state index < -0.39 is 6.04 Å². The van der Waals surface area contributed by atoms with Gasteiger partial charge in [0.25, 0.3) is 0 Å². The van der Waals surface area contributed by atoms with E-state index in [4.69, 9.17) is 10.5 Å². The van der Waals surface area contributed by atoms with Crippen molar-refractivity contribution in [2.45, 2.75) is 39.4 Å². The number of benzene rings is 1. The lowest BCUT2D eigenvalue weighted by Crippen LogP contribution is -2.48. The fourth-order valence-corrected chi connectivity index (χ4v) is 3.49. The second kappa shape index (κ2) is 9.92. The predicted molar refractivity (Wildman–Crippen MR) is 107 cm³/mol. The van der Waals surface area contributed by atoms with Crippen molar-refractivity contribution in [2.75, 3.05) is 13.7 Å². The van der Waals surface area contributed by atoms with Gasteiger partial charge in [-0.05, 0) is 38.5 Å². The molecule has 2 aromatic rings. The quantitative estimate of drug-likeness (QED) is 0.791. The highest BCUT2D eigenvalue weighted by Gasteiger charge is 2.24. The topological polar surface area (TPSA) is 55.6 Å². The molecule has 0 aliphatic rings. The van der Waals surface area contributed by atoms with Crippen molar-refractivity contribution in [1.82, 2.24) is 4.90 Å². The van der Waals surface area contributed by atoms with Crippen LogP contribution < -0.4 is 5.73 Å². The minimum atomic E-state index is -0.617. The molecule has 2 N–H and O–H groups in total. The van der Waals surface area contributed by atoms with Gasteiger partial charge in [-0.3, -0.25) is 4.79 Å². The minimum absolute atomic E-state index is 0. The number of rotatable bonds is 7. The Bertz CT molecular complexity index is 670. The van der Waals surface area contributed by atoms with Crippen LogP contribution in [0.25, 0.3) is 10.4 Å². The van der Waals surface area contributed by atoms with Crippen molar-refractivity contribution in [3.05, 3.63) is 46.8 Å². The lowest BCUT2D eigenvalue weighted by molar-refractivity contribution is -0.136. The number of thiophene rings is 1. The Labute approximate surface area is 160 Å². The molecule has 0 aliphatic heterocycles. The van der Waals surface area contributed by atoms with Crippen LogP contribution in [0.4, 0.5) is 0 Å². The Balaban J connectivity index is 0.00000312. The van der Waals surface area contributed by atoms with Crippen molar-refractivity contribution < 1.29 is 9.53 Å². The van der Waals surface area contributed by atoms with Gasteiger partial charge in [0.05, 0.1) is 13.2 Å². The molecule has 138 valence electrons. The second-order valence-electron chi connectivity index (χ2n) is 6.25. The predicted octanol–water partition coefficient (Wildman–Crippen LogP) is 3.86. The van der Waals surface area contributed by atoms with E-state index in [1.807, 2.05) is 18.7 Å². The first-order valence-corrected chi connectivity index (χ1v) is 8.94. The lowest BCUT2D eigenvalue weighted by atomic mass is 10.1. The molecule has 1 atom stereocenters. The molecule has 1 amide bonds. The fourth-order valence-electron chi connectivity index (χ4n) is 2.48. The number of aryl methyl sites for hydroxylation is 1. The van der Waals surface area contributed by atoms with Crippen LogP contribution >= 0.6 is 23.7 Å². The highest BCUT2D eigenvalue weighted by Crippen LogP contribution is 2.29. The third-order valence-corrected chi connectivity index (χ3v) is 5.01. The van der Waals surface area contributed by atoms with E-state index in [1.165, 1.54) is 16.0 Å². The summed E-state index contributed by atoms with van der Waals surface area (Å²) >= 11 is 1.71. The number of amides is 1. The molecule has 0 aliphatic carbocycles. The second-order valence-corrected chi connectivity index (χ2v) is 7.42. The summed E-state index contributed by atoms with van der Waals surface area (Å²) in [5, 5.41) is 0. The van der Waals surface area contributed by atoms with Crippen molar-refractivity contribution in [2.24, 2.45) is 5.73 Å². The maximum Gasteiger partial charge on any atom is 0.242 e. The molecule has 0 saturated heterocycles. The molecule has 0 bridgehead atoms. The Morgan fingerprint density at radius 1 is 1.20 bits per heavy atom. The van der Waals surface area contributed by atoms with Gasteiger partial charge in [-0.25, -0.2) is 0 Å². The SMILES string of the molecule is COCC(N)C(=O)N(Cc1ccc(-c2ccc(C)cc2)s1)C(C)C.Cl. The van der Waals surface area contributed by atoms with Gasteiger partial charge in [0.2, 0.25) is 5.91 Å². The van der Waals surface area contributed by atoms with Crippen LogP contribution in [0.5, 0.6) is 0 Å². The normalized spacial score (nSPS) is 11.9. The molecular weight excluding hydrogens is 356 g/mol. The van der Waals surface area contributed by atoms with Gasteiger partial charge >= 0.3 is 0 Å². The van der Waals surface area contributed by atoms with Gasteiger partial charge in [-0.1, -0.05) is 29.8 Å². The van der Waals surface area contributed by atoms with E-state index in [0.29, 0.717) is 6.54 Å². The van der Waals surface area contributed by atoms with Crippen LogP contribution in [0.1, 0.15) is 24.3 Å². The summed E-state index contributed by atoms with van der Waals surface area (Å²) in [6.07, 6.45) is 0. The number of nitrogens with zero attached hydrogens (tertiary/aromatic N) is 1. The molecule has 0 saturated carbocycles. The first kappa shape index (κ1) is 21.6. The largest absolute Gasteiger partial charge is 0.383 e. The van der Waals surface area contributed by atoms with Crippen molar-refractivity contribution >= 4 is 29.7 Å². The van der Waals surface area contributed by atoms with Crippen molar-refractivity contribution in [1.29, 1.82) is 0 Å². The monoisotopic (exact) mass is 382 g/mol. The molecule has 2 rings (SSSR count). The first-order valence-electron chi connectivity index (χ1n) is 8.13. The highest BCUT2D eigenvalue weighted by atomic mass is 35.5. The van der Waals surface area contributed by atoms with Gasteiger partial charge in [0.1, 0.15) is 6.04 Å². The third-order valence-electron chi connectivity index (χ3n) is 3.89. The molecule has 6 heteroatoms. The zero-order chi connectivity index (χ0) is 17.7. The molecule has 0 radical (unpaired) electrons. The van der Waals surface area contributed by atoms with Crippen LogP contribution in [-0.4, -0.2) is 36.6 Å². The average Bonchev–Trinajstić information content (AvgIpc) is 3.01. The number of ether oxygens (including phenoxy) is 1. The Morgan fingerprint density at radius 3 is 2.40 bits per heavy atom. The van der Waals surface area contributed by atoms with Crippen LogP contribution in [0.15, 0.2) is 36.4 Å². The Morgan fingerprint density at radius 2 is 1.84 bits per heavy atom. The van der Waals surface area contributed by atoms with Crippen molar-refractivity contribution in [3.63, 3.8) is 0 Å². The van der Waals surface area contributed by atoms with E-state index >= 15 is 0 Å². The summed E-state index contributed by atoms with van der Waals surface area (Å²) in [4.78, 5) is 16.7. The zero-order valence-electron chi connectivity index (χ0n) is 15.2. The molecule has 4 nitrogen and oxygen atoms in total. The van der Waals surface area contributed by atoms with E-state index in [0.717, 1.165) is 4.88 Å². The summed E-state index contributed by atoms with van der Waals surface area (Å²) in [5.41, 5.74) is 8.37. The molecule has 0 spiro atoms. The minimum Gasteiger partial charge on any atom is -0.383 e.